The van der Waals surface area contributed by atoms with Gasteiger partial charge in [0.05, 0.1) is 6.61 Å². The molecular weight excluding hydrogens is 347 g/mol. The topological polar surface area (TPSA) is 64.1 Å². The quantitative estimate of drug-likeness (QED) is 0.697. The van der Waals surface area contributed by atoms with Crippen LogP contribution in [0.5, 0.6) is 0 Å². The van der Waals surface area contributed by atoms with E-state index in [2.05, 4.69) is 4.98 Å². The number of nitrogens with one attached hydrogen (secondary N) is 1. The van der Waals surface area contributed by atoms with Crippen molar-refractivity contribution in [3.63, 3.8) is 0 Å². The van der Waals surface area contributed by atoms with Crippen LogP contribution in [0.1, 0.15) is 29.3 Å². The van der Waals surface area contributed by atoms with Gasteiger partial charge in [0, 0.05) is 17.7 Å². The molecule has 0 unspecified atom stereocenters. The zero-order chi connectivity index (χ0) is 19.2. The second-order valence-corrected chi connectivity index (χ2v) is 6.23. The smallest absolute Gasteiger partial charge is 0.330 e. The molecule has 0 fully saturated rings. The summed E-state index contributed by atoms with van der Waals surface area (Å²) >= 11 is 0. The van der Waals surface area contributed by atoms with E-state index in [0.717, 1.165) is 11.1 Å². The molecule has 1 heterocycles. The van der Waals surface area contributed by atoms with Crippen molar-refractivity contribution in [2.24, 2.45) is 0 Å². The first-order chi connectivity index (χ1) is 13.1. The van der Waals surface area contributed by atoms with Crippen LogP contribution in [0.3, 0.4) is 0 Å². The lowest BCUT2D eigenvalue weighted by Gasteiger charge is -2.15. The summed E-state index contributed by atoms with van der Waals surface area (Å²) in [6.45, 7) is 2.15. The largest absolute Gasteiger partial charge is 0.356 e. The number of halogens is 1. The molecule has 6 heteroatoms. The number of hydrogen-bond acceptors (Lipinski definition) is 3. The van der Waals surface area contributed by atoms with Gasteiger partial charge in [-0.1, -0.05) is 49.4 Å². The van der Waals surface area contributed by atoms with Gasteiger partial charge in [0.1, 0.15) is 12.5 Å². The van der Waals surface area contributed by atoms with E-state index < -0.39 is 5.69 Å². The standard InChI is InChI=1S/C21H21FN2O3/c1-2-19-18(12-15-6-4-3-5-7-15)20(25)23-21(26)24(19)14-27-13-16-8-10-17(22)11-9-16/h3-11H,2,12-14H2,1H3,(H,23,25,26). The van der Waals surface area contributed by atoms with E-state index in [-0.39, 0.29) is 24.7 Å². The highest BCUT2D eigenvalue weighted by Gasteiger charge is 2.14. The minimum Gasteiger partial charge on any atom is -0.356 e. The Morgan fingerprint density at radius 2 is 1.70 bits per heavy atom. The summed E-state index contributed by atoms with van der Waals surface area (Å²) in [7, 11) is 0. The minimum atomic E-state index is -0.493. The van der Waals surface area contributed by atoms with Crippen LogP contribution >= 0.6 is 0 Å². The summed E-state index contributed by atoms with van der Waals surface area (Å²) in [6, 6.07) is 15.6. The Morgan fingerprint density at radius 3 is 2.37 bits per heavy atom. The summed E-state index contributed by atoms with van der Waals surface area (Å²) in [5.41, 5.74) is 2.16. The van der Waals surface area contributed by atoms with Crippen LogP contribution in [0.15, 0.2) is 64.2 Å². The van der Waals surface area contributed by atoms with Crippen molar-refractivity contribution in [3.05, 3.63) is 104 Å². The van der Waals surface area contributed by atoms with Gasteiger partial charge >= 0.3 is 5.69 Å². The number of rotatable bonds is 7. The van der Waals surface area contributed by atoms with E-state index in [1.807, 2.05) is 37.3 Å². The number of benzene rings is 2. The predicted molar refractivity (Wildman–Crippen MR) is 101 cm³/mol. The normalized spacial score (nSPS) is 10.9. The fourth-order valence-electron chi connectivity index (χ4n) is 3.02. The molecule has 27 heavy (non-hydrogen) atoms. The van der Waals surface area contributed by atoms with Gasteiger partial charge < -0.3 is 4.74 Å². The molecule has 0 atom stereocenters. The monoisotopic (exact) mass is 368 g/mol. The third-order valence-electron chi connectivity index (χ3n) is 4.37. The van der Waals surface area contributed by atoms with E-state index in [9.17, 15) is 14.0 Å². The average Bonchev–Trinajstić information content (AvgIpc) is 2.67. The molecule has 0 aliphatic rings. The molecule has 0 bridgehead atoms. The van der Waals surface area contributed by atoms with E-state index in [4.69, 9.17) is 4.74 Å². The molecule has 0 saturated heterocycles. The summed E-state index contributed by atoms with van der Waals surface area (Å²) in [6.07, 6.45) is 0.971. The van der Waals surface area contributed by atoms with Crippen molar-refractivity contribution in [1.82, 2.24) is 9.55 Å². The Balaban J connectivity index is 1.83. The molecule has 1 aromatic heterocycles. The Bertz CT molecular complexity index is 1010. The number of nitrogens with zero attached hydrogens (tertiary/aromatic N) is 1. The van der Waals surface area contributed by atoms with Crippen LogP contribution in [0, 0.1) is 5.82 Å². The molecule has 2 aromatic carbocycles. The highest BCUT2D eigenvalue weighted by atomic mass is 19.1. The Hall–Kier alpha value is -2.99. The summed E-state index contributed by atoms with van der Waals surface area (Å²) < 4.78 is 20.0. The van der Waals surface area contributed by atoms with Crippen LogP contribution in [0.25, 0.3) is 0 Å². The highest BCUT2D eigenvalue weighted by Crippen LogP contribution is 2.11. The Morgan fingerprint density at radius 1 is 1.00 bits per heavy atom. The van der Waals surface area contributed by atoms with Crippen LogP contribution in [0.4, 0.5) is 4.39 Å². The van der Waals surface area contributed by atoms with Gasteiger partial charge in [0.15, 0.2) is 0 Å². The van der Waals surface area contributed by atoms with Crippen molar-refractivity contribution in [3.8, 4) is 0 Å². The third-order valence-corrected chi connectivity index (χ3v) is 4.37. The number of aromatic nitrogens is 2. The van der Waals surface area contributed by atoms with Crippen molar-refractivity contribution in [2.45, 2.75) is 33.1 Å². The number of ether oxygens (including phenoxy) is 1. The van der Waals surface area contributed by atoms with Crippen molar-refractivity contribution in [1.29, 1.82) is 0 Å². The van der Waals surface area contributed by atoms with Crippen molar-refractivity contribution < 1.29 is 9.13 Å². The fourth-order valence-corrected chi connectivity index (χ4v) is 3.02. The lowest BCUT2D eigenvalue weighted by Crippen LogP contribution is -2.36. The summed E-state index contributed by atoms with van der Waals surface area (Å²) in [5, 5.41) is 0. The molecule has 0 radical (unpaired) electrons. The van der Waals surface area contributed by atoms with Gasteiger partial charge in [-0.25, -0.2) is 9.18 Å². The zero-order valence-electron chi connectivity index (χ0n) is 15.1. The molecular formula is C21H21FN2O3. The minimum absolute atomic E-state index is 0.0119. The maximum Gasteiger partial charge on any atom is 0.330 e. The van der Waals surface area contributed by atoms with Crippen LogP contribution < -0.4 is 11.2 Å². The van der Waals surface area contributed by atoms with E-state index >= 15 is 0 Å². The number of hydrogen-bond donors (Lipinski definition) is 1. The lowest BCUT2D eigenvalue weighted by atomic mass is 10.0. The predicted octanol–water partition coefficient (Wildman–Crippen LogP) is 3.00. The third kappa shape index (κ3) is 4.60. The first kappa shape index (κ1) is 18.8. The van der Waals surface area contributed by atoms with E-state index in [1.54, 1.807) is 12.1 Å². The van der Waals surface area contributed by atoms with Gasteiger partial charge in [0.2, 0.25) is 0 Å². The molecule has 1 N–H and O–H groups in total. The van der Waals surface area contributed by atoms with Crippen LogP contribution in [-0.4, -0.2) is 9.55 Å². The maximum absolute atomic E-state index is 13.0. The molecule has 140 valence electrons. The number of aromatic amines is 1. The fraction of sp³-hybridized carbons (Fsp3) is 0.238. The highest BCUT2D eigenvalue weighted by molar-refractivity contribution is 5.27. The molecule has 0 aliphatic carbocycles. The van der Waals surface area contributed by atoms with Crippen molar-refractivity contribution >= 4 is 0 Å². The zero-order valence-corrected chi connectivity index (χ0v) is 15.1. The lowest BCUT2D eigenvalue weighted by molar-refractivity contribution is 0.0588. The maximum atomic E-state index is 13.0. The summed E-state index contributed by atoms with van der Waals surface area (Å²) in [4.78, 5) is 27.0. The van der Waals surface area contributed by atoms with E-state index in [1.165, 1.54) is 16.7 Å². The second kappa shape index (κ2) is 8.60. The molecule has 5 nitrogen and oxygen atoms in total. The first-order valence-electron chi connectivity index (χ1n) is 8.79. The molecule has 0 aliphatic heterocycles. The molecule has 3 aromatic rings. The number of H-pyrrole nitrogens is 1. The Kier molecular flexibility index (Phi) is 5.98. The van der Waals surface area contributed by atoms with Gasteiger partial charge in [-0.15, -0.1) is 0 Å². The van der Waals surface area contributed by atoms with Gasteiger partial charge in [-0.05, 0) is 29.7 Å². The molecule has 0 spiro atoms. The molecule has 3 rings (SSSR count). The van der Waals surface area contributed by atoms with Crippen LogP contribution in [-0.2, 0) is 30.9 Å². The van der Waals surface area contributed by atoms with Gasteiger partial charge in [-0.3, -0.25) is 14.3 Å². The van der Waals surface area contributed by atoms with Crippen LogP contribution in [0.2, 0.25) is 0 Å². The van der Waals surface area contributed by atoms with Gasteiger partial charge in [-0.2, -0.15) is 0 Å². The van der Waals surface area contributed by atoms with Gasteiger partial charge in [0.25, 0.3) is 5.56 Å². The van der Waals surface area contributed by atoms with Crippen molar-refractivity contribution in [2.75, 3.05) is 0 Å². The molecule has 0 amide bonds. The SMILES string of the molecule is CCc1c(Cc2ccccc2)c(=O)[nH]c(=O)n1COCc1ccc(F)cc1. The van der Waals surface area contributed by atoms with E-state index in [0.29, 0.717) is 24.1 Å². The second-order valence-electron chi connectivity index (χ2n) is 6.23. The average molecular weight is 368 g/mol. The Labute approximate surface area is 156 Å². The molecule has 0 saturated carbocycles. The summed E-state index contributed by atoms with van der Waals surface area (Å²) in [5.74, 6) is -0.311. The first-order valence-corrected chi connectivity index (χ1v) is 8.79.